The summed E-state index contributed by atoms with van der Waals surface area (Å²) in [6, 6.07) is 1.62. The van der Waals surface area contributed by atoms with Gasteiger partial charge in [0.25, 0.3) is 5.91 Å². The Labute approximate surface area is 135 Å². The lowest BCUT2D eigenvalue weighted by molar-refractivity contribution is 0.0939. The van der Waals surface area contributed by atoms with Crippen molar-refractivity contribution in [1.29, 1.82) is 0 Å². The van der Waals surface area contributed by atoms with Crippen molar-refractivity contribution in [2.24, 2.45) is 5.92 Å². The number of carbonyl (C=O) groups excluding carboxylic acids is 1. The minimum Gasteiger partial charge on any atom is -0.492 e. The van der Waals surface area contributed by atoms with E-state index >= 15 is 0 Å². The van der Waals surface area contributed by atoms with E-state index in [4.69, 9.17) is 22.1 Å². The van der Waals surface area contributed by atoms with Gasteiger partial charge in [0.15, 0.2) is 0 Å². The average molecular weight is 324 g/mol. The fourth-order valence-corrected chi connectivity index (χ4v) is 3.35. The molecule has 22 heavy (non-hydrogen) atoms. The lowest BCUT2D eigenvalue weighted by Gasteiger charge is -2.24. The maximum absolute atomic E-state index is 12.5. The molecule has 1 aromatic carbocycles. The van der Waals surface area contributed by atoms with Crippen LogP contribution in [0.1, 0.15) is 35.2 Å². The van der Waals surface area contributed by atoms with Crippen molar-refractivity contribution >= 4 is 23.2 Å². The van der Waals surface area contributed by atoms with Gasteiger partial charge in [-0.2, -0.15) is 0 Å². The molecule has 1 aromatic rings. The van der Waals surface area contributed by atoms with E-state index in [9.17, 15) is 4.79 Å². The number of nitrogens with two attached hydrogens (primary N) is 1. The smallest absolute Gasteiger partial charge is 0.255 e. The van der Waals surface area contributed by atoms with Crippen molar-refractivity contribution in [2.45, 2.75) is 25.7 Å². The highest BCUT2D eigenvalue weighted by Gasteiger charge is 2.24. The van der Waals surface area contributed by atoms with Gasteiger partial charge in [-0.25, -0.2) is 0 Å². The lowest BCUT2D eigenvalue weighted by Crippen LogP contribution is -2.36. The molecule has 2 aliphatic rings. The summed E-state index contributed by atoms with van der Waals surface area (Å²) < 4.78 is 5.69. The minimum absolute atomic E-state index is 0.126. The molecule has 0 atom stereocenters. The normalized spacial score (nSPS) is 18.4. The molecule has 120 valence electrons. The number of halogens is 1. The molecular formula is C16H22ClN3O2. The first-order valence-corrected chi connectivity index (χ1v) is 8.27. The fourth-order valence-electron chi connectivity index (χ4n) is 3.12. The quantitative estimate of drug-likeness (QED) is 0.743. The largest absolute Gasteiger partial charge is 0.492 e. The standard InChI is InChI=1S/C16H22ClN3O2/c17-13-8-12(15-11(14(13)18)2-1-7-22-15)16(21)20-9-10-3-5-19-6-4-10/h8,10,19H,1-7,9,18H2,(H,20,21). The number of rotatable bonds is 3. The monoisotopic (exact) mass is 323 g/mol. The van der Waals surface area contributed by atoms with Crippen LogP contribution in [0.3, 0.4) is 0 Å². The first-order valence-electron chi connectivity index (χ1n) is 7.89. The molecule has 0 aliphatic carbocycles. The summed E-state index contributed by atoms with van der Waals surface area (Å²) >= 11 is 6.17. The molecule has 0 radical (unpaired) electrons. The van der Waals surface area contributed by atoms with E-state index < -0.39 is 0 Å². The molecule has 0 spiro atoms. The zero-order chi connectivity index (χ0) is 15.5. The Hall–Kier alpha value is -1.46. The van der Waals surface area contributed by atoms with Gasteiger partial charge in [0.1, 0.15) is 5.75 Å². The van der Waals surface area contributed by atoms with Crippen LogP contribution in [-0.2, 0) is 6.42 Å². The van der Waals surface area contributed by atoms with Gasteiger partial charge in [0.05, 0.1) is 22.9 Å². The Bertz CT molecular complexity index is 571. The third-order valence-corrected chi connectivity index (χ3v) is 4.76. The molecule has 3 rings (SSSR count). The van der Waals surface area contributed by atoms with Crippen molar-refractivity contribution in [3.05, 3.63) is 22.2 Å². The van der Waals surface area contributed by atoms with Crippen LogP contribution in [-0.4, -0.2) is 32.1 Å². The van der Waals surface area contributed by atoms with Gasteiger partial charge >= 0.3 is 0 Å². The number of benzene rings is 1. The van der Waals surface area contributed by atoms with E-state index in [1.807, 2.05) is 0 Å². The Balaban J connectivity index is 1.75. The minimum atomic E-state index is -0.126. The zero-order valence-corrected chi connectivity index (χ0v) is 13.3. The first kappa shape index (κ1) is 15.4. The highest BCUT2D eigenvalue weighted by Crippen LogP contribution is 2.38. The maximum Gasteiger partial charge on any atom is 0.255 e. The van der Waals surface area contributed by atoms with Crippen molar-refractivity contribution in [1.82, 2.24) is 10.6 Å². The Morgan fingerprint density at radius 1 is 1.45 bits per heavy atom. The summed E-state index contributed by atoms with van der Waals surface area (Å²) in [5, 5.41) is 6.77. The van der Waals surface area contributed by atoms with Gasteiger partial charge in [-0.1, -0.05) is 11.6 Å². The summed E-state index contributed by atoms with van der Waals surface area (Å²) in [5.74, 6) is 1.01. The van der Waals surface area contributed by atoms with E-state index in [0.29, 0.717) is 41.1 Å². The second kappa shape index (κ2) is 6.75. The topological polar surface area (TPSA) is 76.4 Å². The van der Waals surface area contributed by atoms with Gasteiger partial charge < -0.3 is 21.1 Å². The third-order valence-electron chi connectivity index (χ3n) is 4.44. The average Bonchev–Trinajstić information content (AvgIpc) is 2.57. The van der Waals surface area contributed by atoms with Gasteiger partial charge in [0, 0.05) is 12.1 Å². The molecule has 2 heterocycles. The molecule has 1 amide bonds. The highest BCUT2D eigenvalue weighted by atomic mass is 35.5. The Kier molecular flexibility index (Phi) is 4.74. The van der Waals surface area contributed by atoms with Crippen LogP contribution in [0.5, 0.6) is 5.75 Å². The number of ether oxygens (including phenoxy) is 1. The molecule has 6 heteroatoms. The number of carbonyl (C=O) groups is 1. The SMILES string of the molecule is Nc1c(Cl)cc(C(=O)NCC2CCNCC2)c2c1CCCO2. The second-order valence-corrected chi connectivity index (χ2v) is 6.39. The number of nitrogens with one attached hydrogen (secondary N) is 2. The number of hydrogen-bond donors (Lipinski definition) is 3. The number of fused-ring (bicyclic) bond motifs is 1. The molecule has 0 aromatic heterocycles. The number of hydrogen-bond acceptors (Lipinski definition) is 4. The van der Waals surface area contributed by atoms with Crippen LogP contribution in [0.25, 0.3) is 0 Å². The molecule has 0 saturated carbocycles. The van der Waals surface area contributed by atoms with Gasteiger partial charge in [-0.05, 0) is 50.8 Å². The van der Waals surface area contributed by atoms with Gasteiger partial charge in [0.2, 0.25) is 0 Å². The summed E-state index contributed by atoms with van der Waals surface area (Å²) in [5.41, 5.74) is 7.92. The summed E-state index contributed by atoms with van der Waals surface area (Å²) in [6.45, 7) is 3.35. The van der Waals surface area contributed by atoms with E-state index in [2.05, 4.69) is 10.6 Å². The van der Waals surface area contributed by atoms with Crippen LogP contribution in [0.4, 0.5) is 5.69 Å². The maximum atomic E-state index is 12.5. The Morgan fingerprint density at radius 3 is 3.00 bits per heavy atom. The highest BCUT2D eigenvalue weighted by molar-refractivity contribution is 6.33. The van der Waals surface area contributed by atoms with Crippen LogP contribution in [0, 0.1) is 5.92 Å². The van der Waals surface area contributed by atoms with Crippen molar-refractivity contribution in [2.75, 3.05) is 32.0 Å². The molecule has 0 bridgehead atoms. The molecule has 2 aliphatic heterocycles. The molecule has 5 nitrogen and oxygen atoms in total. The fraction of sp³-hybridized carbons (Fsp3) is 0.562. The first-order chi connectivity index (χ1) is 10.7. The van der Waals surface area contributed by atoms with Crippen LogP contribution in [0.2, 0.25) is 5.02 Å². The Morgan fingerprint density at radius 2 is 2.23 bits per heavy atom. The van der Waals surface area contributed by atoms with Crippen LogP contribution < -0.4 is 21.1 Å². The molecule has 4 N–H and O–H groups in total. The number of anilines is 1. The number of amides is 1. The molecular weight excluding hydrogens is 302 g/mol. The third kappa shape index (κ3) is 3.15. The second-order valence-electron chi connectivity index (χ2n) is 5.98. The van der Waals surface area contributed by atoms with Gasteiger partial charge in [-0.15, -0.1) is 0 Å². The van der Waals surface area contributed by atoms with E-state index in [0.717, 1.165) is 44.3 Å². The van der Waals surface area contributed by atoms with E-state index in [-0.39, 0.29) is 5.91 Å². The predicted octanol–water partition coefficient (Wildman–Crippen LogP) is 1.98. The molecule has 0 unspecified atom stereocenters. The zero-order valence-electron chi connectivity index (χ0n) is 12.6. The van der Waals surface area contributed by atoms with Gasteiger partial charge in [-0.3, -0.25) is 4.79 Å². The van der Waals surface area contributed by atoms with E-state index in [1.54, 1.807) is 6.07 Å². The summed E-state index contributed by atoms with van der Waals surface area (Å²) in [4.78, 5) is 12.5. The van der Waals surface area contributed by atoms with E-state index in [1.165, 1.54) is 0 Å². The van der Waals surface area contributed by atoms with Crippen LogP contribution in [0.15, 0.2) is 6.07 Å². The number of nitrogen functional groups attached to an aromatic ring is 1. The van der Waals surface area contributed by atoms with Crippen LogP contribution >= 0.6 is 11.6 Å². The summed E-state index contributed by atoms with van der Waals surface area (Å²) in [6.07, 6.45) is 3.89. The molecule has 1 fully saturated rings. The van der Waals surface area contributed by atoms with Crippen molar-refractivity contribution in [3.8, 4) is 5.75 Å². The predicted molar refractivity (Wildman–Crippen MR) is 87.6 cm³/mol. The van der Waals surface area contributed by atoms with Crippen molar-refractivity contribution in [3.63, 3.8) is 0 Å². The lowest BCUT2D eigenvalue weighted by atomic mass is 9.97. The number of piperidine rings is 1. The van der Waals surface area contributed by atoms with Crippen molar-refractivity contribution < 1.29 is 9.53 Å². The molecule has 1 saturated heterocycles. The summed E-state index contributed by atoms with van der Waals surface area (Å²) in [7, 11) is 0.